The summed E-state index contributed by atoms with van der Waals surface area (Å²) in [5.74, 6) is 2.53. The van der Waals surface area contributed by atoms with Crippen molar-refractivity contribution >= 4 is 22.5 Å². The molecule has 2 aromatic heterocycles. The van der Waals surface area contributed by atoms with Crippen LogP contribution in [-0.4, -0.2) is 49.4 Å². The minimum atomic E-state index is -0.106. The first-order chi connectivity index (χ1) is 12.7. The van der Waals surface area contributed by atoms with Crippen molar-refractivity contribution in [1.29, 1.82) is 0 Å². The Hall–Kier alpha value is -2.03. The van der Waals surface area contributed by atoms with Crippen molar-refractivity contribution in [3.8, 4) is 0 Å². The zero-order chi connectivity index (χ0) is 17.9. The minimum absolute atomic E-state index is 0.106. The summed E-state index contributed by atoms with van der Waals surface area (Å²) in [7, 11) is 0. The first-order valence-corrected chi connectivity index (χ1v) is 10.3. The van der Waals surface area contributed by atoms with E-state index < -0.39 is 0 Å². The van der Waals surface area contributed by atoms with Crippen molar-refractivity contribution in [2.45, 2.75) is 57.8 Å². The number of aromatic nitrogens is 5. The molecule has 140 valence electrons. The van der Waals surface area contributed by atoms with Crippen LogP contribution in [0.5, 0.6) is 0 Å². The number of amides is 2. The average molecular weight is 376 g/mol. The predicted octanol–water partition coefficient (Wildman–Crippen LogP) is 3.11. The van der Waals surface area contributed by atoms with Gasteiger partial charge in [-0.05, 0) is 25.7 Å². The number of carbonyl (C=O) groups excluding carboxylic acids is 1. The maximum atomic E-state index is 12.6. The number of anilines is 1. The third-order valence-corrected chi connectivity index (χ3v) is 6.17. The topological polar surface area (TPSA) is 99.7 Å². The molecule has 1 aliphatic heterocycles. The van der Waals surface area contributed by atoms with Crippen LogP contribution in [0.15, 0.2) is 0 Å². The van der Waals surface area contributed by atoms with E-state index in [0.29, 0.717) is 11.7 Å². The van der Waals surface area contributed by atoms with E-state index in [2.05, 4.69) is 30.7 Å². The SMILES string of the molecule is Cc1nc([C@H]2CCCN(C(=O)Nc3nnc(CC4CCCC4)s3)C2)n[nH]1. The smallest absolute Gasteiger partial charge is 0.323 e. The Morgan fingerprint density at radius 2 is 2.12 bits per heavy atom. The molecule has 3 heterocycles. The molecular formula is C17H25N7OS. The van der Waals surface area contributed by atoms with Gasteiger partial charge < -0.3 is 4.90 Å². The summed E-state index contributed by atoms with van der Waals surface area (Å²) in [4.78, 5) is 18.9. The monoisotopic (exact) mass is 375 g/mol. The van der Waals surface area contributed by atoms with Crippen molar-refractivity contribution < 1.29 is 4.79 Å². The molecule has 9 heteroatoms. The molecule has 0 unspecified atom stereocenters. The first-order valence-electron chi connectivity index (χ1n) is 9.44. The molecule has 2 N–H and O–H groups in total. The van der Waals surface area contributed by atoms with E-state index in [1.807, 2.05) is 11.8 Å². The van der Waals surface area contributed by atoms with Gasteiger partial charge in [0.2, 0.25) is 5.13 Å². The summed E-state index contributed by atoms with van der Waals surface area (Å²) < 4.78 is 0. The van der Waals surface area contributed by atoms with Crippen molar-refractivity contribution in [3.63, 3.8) is 0 Å². The van der Waals surface area contributed by atoms with Crippen LogP contribution in [0, 0.1) is 12.8 Å². The molecule has 1 aliphatic carbocycles. The summed E-state index contributed by atoms with van der Waals surface area (Å²) in [6, 6.07) is -0.106. The molecule has 26 heavy (non-hydrogen) atoms. The molecule has 2 aliphatic rings. The van der Waals surface area contributed by atoms with Gasteiger partial charge in [-0.2, -0.15) is 5.10 Å². The van der Waals surface area contributed by atoms with E-state index in [-0.39, 0.29) is 11.9 Å². The van der Waals surface area contributed by atoms with Crippen LogP contribution in [-0.2, 0) is 6.42 Å². The summed E-state index contributed by atoms with van der Waals surface area (Å²) >= 11 is 1.50. The fourth-order valence-electron chi connectivity index (χ4n) is 3.93. The lowest BCUT2D eigenvalue weighted by Gasteiger charge is -2.31. The van der Waals surface area contributed by atoms with Gasteiger partial charge in [0.1, 0.15) is 10.8 Å². The van der Waals surface area contributed by atoms with Gasteiger partial charge in [0.15, 0.2) is 5.82 Å². The molecular weight excluding hydrogens is 350 g/mol. The molecule has 1 saturated heterocycles. The number of nitrogens with one attached hydrogen (secondary N) is 2. The third kappa shape index (κ3) is 4.03. The fourth-order valence-corrected chi connectivity index (χ4v) is 4.78. The van der Waals surface area contributed by atoms with Crippen LogP contribution >= 0.6 is 11.3 Å². The number of piperidine rings is 1. The fraction of sp³-hybridized carbons (Fsp3) is 0.706. The molecule has 2 fully saturated rings. The van der Waals surface area contributed by atoms with Crippen molar-refractivity contribution in [2.24, 2.45) is 5.92 Å². The van der Waals surface area contributed by atoms with Crippen molar-refractivity contribution in [3.05, 3.63) is 16.7 Å². The van der Waals surface area contributed by atoms with Gasteiger partial charge >= 0.3 is 6.03 Å². The molecule has 0 aromatic carbocycles. The first kappa shape index (κ1) is 17.4. The third-order valence-electron chi connectivity index (χ3n) is 5.31. The molecule has 0 spiro atoms. The number of hydrogen-bond acceptors (Lipinski definition) is 6. The zero-order valence-corrected chi connectivity index (χ0v) is 15.9. The standard InChI is InChI=1S/C17H25N7OS/c1-11-18-15(22-20-11)13-7-4-8-24(10-13)17(25)19-16-23-21-14(26-16)9-12-5-2-3-6-12/h12-13H,2-10H2,1H3,(H,18,20,22)(H,19,23,25)/t13-/m0/s1. The van der Waals surface area contributed by atoms with Crippen LogP contribution in [0.3, 0.4) is 0 Å². The minimum Gasteiger partial charge on any atom is -0.324 e. The highest BCUT2D eigenvalue weighted by Gasteiger charge is 2.28. The Balaban J connectivity index is 1.33. The number of urea groups is 1. The Bertz CT molecular complexity index is 752. The van der Waals surface area contributed by atoms with Crippen LogP contribution in [0.2, 0.25) is 0 Å². The number of H-pyrrole nitrogens is 1. The van der Waals surface area contributed by atoms with Gasteiger partial charge in [-0.3, -0.25) is 10.4 Å². The second-order valence-corrected chi connectivity index (χ2v) is 8.41. The Labute approximate surface area is 156 Å². The van der Waals surface area contributed by atoms with Gasteiger partial charge in [-0.25, -0.2) is 9.78 Å². The van der Waals surface area contributed by atoms with Crippen LogP contribution in [0.1, 0.15) is 61.1 Å². The van der Waals surface area contributed by atoms with E-state index >= 15 is 0 Å². The summed E-state index contributed by atoms with van der Waals surface area (Å²) in [5.41, 5.74) is 0. The number of rotatable bonds is 4. The van der Waals surface area contributed by atoms with Gasteiger partial charge in [0.05, 0.1) is 0 Å². The number of likely N-dealkylation sites (tertiary alicyclic amines) is 1. The Kier molecular flexibility index (Phi) is 5.14. The summed E-state index contributed by atoms with van der Waals surface area (Å²) in [6.07, 6.45) is 8.18. The van der Waals surface area contributed by atoms with Crippen LogP contribution < -0.4 is 5.32 Å². The van der Waals surface area contributed by atoms with Crippen LogP contribution in [0.4, 0.5) is 9.93 Å². The molecule has 0 bridgehead atoms. The van der Waals surface area contributed by atoms with Crippen molar-refractivity contribution in [2.75, 3.05) is 18.4 Å². The maximum Gasteiger partial charge on any atom is 0.323 e. The highest BCUT2D eigenvalue weighted by Crippen LogP contribution is 2.30. The normalized spacial score (nSPS) is 21.3. The van der Waals surface area contributed by atoms with Crippen LogP contribution in [0.25, 0.3) is 0 Å². The van der Waals surface area contributed by atoms with E-state index in [4.69, 9.17) is 0 Å². The van der Waals surface area contributed by atoms with E-state index in [1.54, 1.807) is 0 Å². The average Bonchev–Trinajstić information content (AvgIpc) is 3.39. The van der Waals surface area contributed by atoms with E-state index in [9.17, 15) is 4.79 Å². The second-order valence-electron chi connectivity index (χ2n) is 7.35. The van der Waals surface area contributed by atoms with E-state index in [0.717, 1.165) is 48.4 Å². The lowest BCUT2D eigenvalue weighted by atomic mass is 9.98. The predicted molar refractivity (Wildman–Crippen MR) is 99.3 cm³/mol. The second kappa shape index (κ2) is 7.69. The number of nitrogens with zero attached hydrogens (tertiary/aromatic N) is 5. The van der Waals surface area contributed by atoms with Gasteiger partial charge in [0, 0.05) is 25.4 Å². The van der Waals surface area contributed by atoms with Gasteiger partial charge in [-0.1, -0.05) is 37.0 Å². The van der Waals surface area contributed by atoms with Gasteiger partial charge in [-0.15, -0.1) is 10.2 Å². The highest BCUT2D eigenvalue weighted by molar-refractivity contribution is 7.15. The molecule has 2 aromatic rings. The largest absolute Gasteiger partial charge is 0.324 e. The van der Waals surface area contributed by atoms with Crippen molar-refractivity contribution in [1.82, 2.24) is 30.3 Å². The quantitative estimate of drug-likeness (QED) is 0.855. The summed E-state index contributed by atoms with van der Waals surface area (Å²) in [5, 5.41) is 20.1. The molecule has 8 nitrogen and oxygen atoms in total. The number of aryl methyl sites for hydroxylation is 1. The molecule has 0 radical (unpaired) electrons. The lowest BCUT2D eigenvalue weighted by molar-refractivity contribution is 0.191. The Morgan fingerprint density at radius 3 is 2.88 bits per heavy atom. The number of hydrogen-bond donors (Lipinski definition) is 2. The molecule has 4 rings (SSSR count). The number of aromatic amines is 1. The maximum absolute atomic E-state index is 12.6. The molecule has 2 amide bonds. The highest BCUT2D eigenvalue weighted by atomic mass is 32.1. The molecule has 1 atom stereocenters. The summed E-state index contributed by atoms with van der Waals surface area (Å²) in [6.45, 7) is 3.28. The number of carbonyl (C=O) groups is 1. The zero-order valence-electron chi connectivity index (χ0n) is 15.1. The van der Waals surface area contributed by atoms with E-state index in [1.165, 1.54) is 37.0 Å². The lowest BCUT2D eigenvalue weighted by Crippen LogP contribution is -2.41. The van der Waals surface area contributed by atoms with Gasteiger partial charge in [0.25, 0.3) is 0 Å². The Morgan fingerprint density at radius 1 is 1.27 bits per heavy atom. The molecule has 1 saturated carbocycles.